The number of aromatic nitrogens is 2. The maximum Gasteiger partial charge on any atom is 0.257 e. The van der Waals surface area contributed by atoms with Crippen molar-refractivity contribution in [2.45, 2.75) is 19.9 Å². The second-order valence-electron chi connectivity index (χ2n) is 5.83. The van der Waals surface area contributed by atoms with E-state index >= 15 is 0 Å². The summed E-state index contributed by atoms with van der Waals surface area (Å²) in [6.07, 6.45) is 0.701. The van der Waals surface area contributed by atoms with Gasteiger partial charge < -0.3 is 9.32 Å². The summed E-state index contributed by atoms with van der Waals surface area (Å²) in [7, 11) is 0. The zero-order chi connectivity index (χ0) is 19.4. The first-order valence-corrected chi connectivity index (χ1v) is 9.48. The molecule has 8 heteroatoms. The first-order valence-electron chi connectivity index (χ1n) is 8.31. The summed E-state index contributed by atoms with van der Waals surface area (Å²) in [5.41, 5.74) is 0.605. The molecule has 0 fully saturated rings. The Balaban J connectivity index is 1.84. The van der Waals surface area contributed by atoms with Gasteiger partial charge in [-0.1, -0.05) is 46.6 Å². The van der Waals surface area contributed by atoms with E-state index in [1.54, 1.807) is 24.3 Å². The van der Waals surface area contributed by atoms with Crippen molar-refractivity contribution in [3.63, 3.8) is 0 Å². The molecule has 2 aromatic carbocycles. The number of hydrogen-bond acceptors (Lipinski definition) is 4. The molecule has 0 radical (unpaired) electrons. The van der Waals surface area contributed by atoms with Crippen LogP contribution in [0.25, 0.3) is 11.5 Å². The average molecular weight is 453 g/mol. The van der Waals surface area contributed by atoms with Crippen molar-refractivity contribution in [3.8, 4) is 11.5 Å². The van der Waals surface area contributed by atoms with E-state index in [9.17, 15) is 9.18 Å². The summed E-state index contributed by atoms with van der Waals surface area (Å²) in [6.45, 7) is 2.44. The van der Waals surface area contributed by atoms with Crippen LogP contribution >= 0.6 is 27.5 Å². The van der Waals surface area contributed by atoms with Crippen LogP contribution in [0.1, 0.15) is 29.6 Å². The van der Waals surface area contributed by atoms with Gasteiger partial charge in [-0.2, -0.15) is 0 Å². The zero-order valence-corrected chi connectivity index (χ0v) is 16.8. The minimum atomic E-state index is -0.577. The number of benzene rings is 2. The highest BCUT2D eigenvalue weighted by atomic mass is 79.9. The maximum atomic E-state index is 14.1. The minimum absolute atomic E-state index is 0.0105. The second-order valence-corrected chi connectivity index (χ2v) is 7.15. The van der Waals surface area contributed by atoms with Crippen LogP contribution in [0, 0.1) is 5.82 Å². The number of carbonyl (C=O) groups excluding carboxylic acids is 1. The maximum absolute atomic E-state index is 14.1. The number of amides is 1. The fourth-order valence-electron chi connectivity index (χ4n) is 2.58. The van der Waals surface area contributed by atoms with Crippen LogP contribution in [0.4, 0.5) is 4.39 Å². The molecule has 140 valence electrons. The molecule has 0 aliphatic heterocycles. The molecule has 0 saturated carbocycles. The van der Waals surface area contributed by atoms with Crippen molar-refractivity contribution in [2.75, 3.05) is 6.54 Å². The Morgan fingerprint density at radius 2 is 2.04 bits per heavy atom. The van der Waals surface area contributed by atoms with Gasteiger partial charge in [0.05, 0.1) is 22.7 Å². The lowest BCUT2D eigenvalue weighted by Crippen LogP contribution is -2.32. The average Bonchev–Trinajstić information content (AvgIpc) is 3.11. The van der Waals surface area contributed by atoms with Gasteiger partial charge in [0, 0.05) is 11.0 Å². The summed E-state index contributed by atoms with van der Waals surface area (Å²) >= 11 is 9.41. The van der Waals surface area contributed by atoms with E-state index in [1.165, 1.54) is 17.0 Å². The van der Waals surface area contributed by atoms with Crippen molar-refractivity contribution in [2.24, 2.45) is 0 Å². The van der Waals surface area contributed by atoms with Gasteiger partial charge in [0.1, 0.15) is 5.82 Å². The highest BCUT2D eigenvalue weighted by molar-refractivity contribution is 9.10. The van der Waals surface area contributed by atoms with Crippen LogP contribution < -0.4 is 0 Å². The molecule has 0 unspecified atom stereocenters. The Morgan fingerprint density at radius 1 is 1.26 bits per heavy atom. The van der Waals surface area contributed by atoms with E-state index in [-0.39, 0.29) is 23.9 Å². The Kier molecular flexibility index (Phi) is 6.23. The number of carbonyl (C=O) groups is 1. The molecule has 3 aromatic rings. The highest BCUT2D eigenvalue weighted by Gasteiger charge is 2.22. The Hall–Kier alpha value is -2.25. The fourth-order valence-corrected chi connectivity index (χ4v) is 3.16. The van der Waals surface area contributed by atoms with Gasteiger partial charge in [-0.05, 0) is 36.8 Å². The van der Waals surface area contributed by atoms with Gasteiger partial charge in [0.2, 0.25) is 11.8 Å². The van der Waals surface area contributed by atoms with Gasteiger partial charge in [0.25, 0.3) is 5.91 Å². The SMILES string of the molecule is CCCN(Cc1nnc(-c2ccccc2Cl)o1)C(=O)c1cc(Br)ccc1F. The lowest BCUT2D eigenvalue weighted by Gasteiger charge is -2.20. The molecular formula is C19H16BrClFN3O2. The Labute approximate surface area is 169 Å². The van der Waals surface area contributed by atoms with Crippen molar-refractivity contribution in [3.05, 3.63) is 69.2 Å². The molecule has 1 heterocycles. The van der Waals surface area contributed by atoms with Crippen molar-refractivity contribution in [1.29, 1.82) is 0 Å². The standard InChI is InChI=1S/C19H16BrClFN3O2/c1-2-9-25(19(26)14-10-12(20)7-8-16(14)22)11-17-23-24-18(27-17)13-5-3-4-6-15(13)21/h3-8,10H,2,9,11H2,1H3. The Bertz CT molecular complexity index is 964. The molecule has 1 aromatic heterocycles. The molecule has 0 spiro atoms. The number of hydrogen-bond donors (Lipinski definition) is 0. The predicted molar refractivity (Wildman–Crippen MR) is 104 cm³/mol. The topological polar surface area (TPSA) is 59.2 Å². The largest absolute Gasteiger partial charge is 0.419 e. The van der Waals surface area contributed by atoms with Crippen molar-refractivity contribution < 1.29 is 13.6 Å². The van der Waals surface area contributed by atoms with Crippen molar-refractivity contribution in [1.82, 2.24) is 15.1 Å². The molecule has 3 rings (SSSR count). The van der Waals surface area contributed by atoms with E-state index in [4.69, 9.17) is 16.0 Å². The summed E-state index contributed by atoms with van der Waals surface area (Å²) < 4.78 is 20.4. The third-order valence-corrected chi connectivity index (χ3v) is 4.66. The van der Waals surface area contributed by atoms with Gasteiger partial charge >= 0.3 is 0 Å². The van der Waals surface area contributed by atoms with Gasteiger partial charge in [-0.25, -0.2) is 4.39 Å². The molecular weight excluding hydrogens is 437 g/mol. The highest BCUT2D eigenvalue weighted by Crippen LogP contribution is 2.26. The molecule has 0 aliphatic rings. The van der Waals surface area contributed by atoms with E-state index < -0.39 is 11.7 Å². The summed E-state index contributed by atoms with van der Waals surface area (Å²) in [5, 5.41) is 8.49. The molecule has 0 atom stereocenters. The fraction of sp³-hybridized carbons (Fsp3) is 0.211. The molecule has 0 saturated heterocycles. The van der Waals surface area contributed by atoms with Crippen LogP contribution in [0.2, 0.25) is 5.02 Å². The number of nitrogens with zero attached hydrogens (tertiary/aromatic N) is 3. The molecule has 0 aliphatic carbocycles. The summed E-state index contributed by atoms with van der Waals surface area (Å²) in [5.74, 6) is -0.491. The lowest BCUT2D eigenvalue weighted by atomic mass is 10.2. The number of rotatable bonds is 6. The van der Waals surface area contributed by atoms with E-state index in [0.717, 1.165) is 0 Å². The zero-order valence-electron chi connectivity index (χ0n) is 14.5. The molecule has 27 heavy (non-hydrogen) atoms. The van der Waals surface area contributed by atoms with Gasteiger partial charge in [-0.15, -0.1) is 10.2 Å². The lowest BCUT2D eigenvalue weighted by molar-refractivity contribution is 0.0724. The molecule has 0 N–H and O–H groups in total. The summed E-state index contributed by atoms with van der Waals surface area (Å²) in [4.78, 5) is 14.3. The van der Waals surface area contributed by atoms with E-state index in [1.807, 2.05) is 13.0 Å². The molecule has 0 bridgehead atoms. The van der Waals surface area contributed by atoms with E-state index in [2.05, 4.69) is 26.1 Å². The quantitative estimate of drug-likeness (QED) is 0.506. The third kappa shape index (κ3) is 4.54. The predicted octanol–water partition coefficient (Wildman–Crippen LogP) is 5.34. The first kappa shape index (κ1) is 19.5. The monoisotopic (exact) mass is 451 g/mol. The minimum Gasteiger partial charge on any atom is -0.419 e. The van der Waals surface area contributed by atoms with Crippen LogP contribution in [-0.2, 0) is 6.54 Å². The molecule has 5 nitrogen and oxygen atoms in total. The van der Waals surface area contributed by atoms with Crippen LogP contribution in [0.15, 0.2) is 51.4 Å². The van der Waals surface area contributed by atoms with Crippen LogP contribution in [0.5, 0.6) is 0 Å². The first-order chi connectivity index (χ1) is 13.0. The van der Waals surface area contributed by atoms with E-state index in [0.29, 0.717) is 28.0 Å². The molecule has 1 amide bonds. The second kappa shape index (κ2) is 8.63. The number of halogens is 3. The van der Waals surface area contributed by atoms with Gasteiger partial charge in [0.15, 0.2) is 0 Å². The van der Waals surface area contributed by atoms with Crippen molar-refractivity contribution >= 4 is 33.4 Å². The van der Waals surface area contributed by atoms with Gasteiger partial charge in [-0.3, -0.25) is 4.79 Å². The smallest absolute Gasteiger partial charge is 0.257 e. The Morgan fingerprint density at radius 3 is 2.78 bits per heavy atom. The van der Waals surface area contributed by atoms with Crippen LogP contribution in [-0.4, -0.2) is 27.5 Å². The normalized spacial score (nSPS) is 10.8. The third-order valence-electron chi connectivity index (χ3n) is 3.84. The van der Waals surface area contributed by atoms with Crippen LogP contribution in [0.3, 0.4) is 0 Å². The summed E-state index contributed by atoms with van der Waals surface area (Å²) in [6, 6.07) is 11.4.